The molecule has 1 amide bonds. The van der Waals surface area contributed by atoms with Crippen molar-refractivity contribution in [2.24, 2.45) is 5.73 Å². The number of hydrogen-bond donors (Lipinski definition) is 2. The molecule has 30 heavy (non-hydrogen) atoms. The standard InChI is InChI=1S/C24H28FN3O2/c1-15-8-19-13-28(14-20-4-3-7-30-20)24(29)21(19)10-18(15)9-16-5-6-17(11-22(16)25)23(26)12-27-2/h5-6,8,10-12,20,27H,3-4,7,9,13-14,26H2,1-2H3/b23-12-. The molecule has 2 aliphatic rings. The highest BCUT2D eigenvalue weighted by molar-refractivity contribution is 5.98. The van der Waals surface area contributed by atoms with Crippen LogP contribution in [0.25, 0.3) is 5.70 Å². The molecule has 6 heteroatoms. The van der Waals surface area contributed by atoms with Crippen molar-refractivity contribution in [3.05, 3.63) is 75.7 Å². The van der Waals surface area contributed by atoms with Gasteiger partial charge in [0.15, 0.2) is 0 Å². The molecule has 0 saturated carbocycles. The van der Waals surface area contributed by atoms with Gasteiger partial charge < -0.3 is 20.7 Å². The number of benzene rings is 2. The number of halogens is 1. The molecule has 0 aromatic heterocycles. The van der Waals surface area contributed by atoms with Crippen LogP contribution in [-0.4, -0.2) is 37.1 Å². The maximum atomic E-state index is 14.7. The topological polar surface area (TPSA) is 67.6 Å². The number of nitrogens with one attached hydrogen (secondary N) is 1. The Morgan fingerprint density at radius 2 is 2.17 bits per heavy atom. The molecule has 1 saturated heterocycles. The van der Waals surface area contributed by atoms with Crippen molar-refractivity contribution in [2.75, 3.05) is 20.2 Å². The molecule has 4 rings (SSSR count). The van der Waals surface area contributed by atoms with Gasteiger partial charge in [-0.15, -0.1) is 0 Å². The van der Waals surface area contributed by atoms with Gasteiger partial charge in [0.05, 0.1) is 11.8 Å². The lowest BCUT2D eigenvalue weighted by molar-refractivity contribution is 0.0545. The van der Waals surface area contributed by atoms with Crippen molar-refractivity contribution >= 4 is 11.6 Å². The summed E-state index contributed by atoms with van der Waals surface area (Å²) < 4.78 is 20.4. The summed E-state index contributed by atoms with van der Waals surface area (Å²) in [5.74, 6) is -0.256. The third-order valence-electron chi connectivity index (χ3n) is 5.96. The van der Waals surface area contributed by atoms with E-state index >= 15 is 0 Å². The second kappa shape index (κ2) is 8.48. The van der Waals surface area contributed by atoms with E-state index in [1.807, 2.05) is 24.0 Å². The second-order valence-electron chi connectivity index (χ2n) is 8.13. The average Bonchev–Trinajstić information content (AvgIpc) is 3.33. The highest BCUT2D eigenvalue weighted by Gasteiger charge is 2.31. The lowest BCUT2D eigenvalue weighted by Gasteiger charge is -2.19. The first-order valence-electron chi connectivity index (χ1n) is 10.4. The van der Waals surface area contributed by atoms with E-state index in [2.05, 4.69) is 11.4 Å². The molecular weight excluding hydrogens is 381 g/mol. The van der Waals surface area contributed by atoms with Crippen LogP contribution in [0.15, 0.2) is 36.5 Å². The number of rotatable bonds is 6. The van der Waals surface area contributed by atoms with Gasteiger partial charge in [0.1, 0.15) is 5.82 Å². The highest BCUT2D eigenvalue weighted by atomic mass is 19.1. The summed E-state index contributed by atoms with van der Waals surface area (Å²) in [5.41, 5.74) is 11.4. The van der Waals surface area contributed by atoms with Crippen LogP contribution in [0, 0.1) is 12.7 Å². The van der Waals surface area contributed by atoms with Gasteiger partial charge in [0.2, 0.25) is 0 Å². The van der Waals surface area contributed by atoms with Crippen molar-refractivity contribution in [2.45, 2.75) is 38.8 Å². The zero-order valence-corrected chi connectivity index (χ0v) is 17.5. The SMILES string of the molecule is CN/C=C(\N)c1ccc(Cc2cc3c(cc2C)CN(CC2CCCO2)C3=O)c(F)c1. The fourth-order valence-electron chi connectivity index (χ4n) is 4.28. The van der Waals surface area contributed by atoms with Crippen LogP contribution in [0.4, 0.5) is 4.39 Å². The number of nitrogens with zero attached hydrogens (tertiary/aromatic N) is 1. The first-order valence-corrected chi connectivity index (χ1v) is 10.4. The average molecular weight is 410 g/mol. The number of carbonyl (C=O) groups is 1. The summed E-state index contributed by atoms with van der Waals surface area (Å²) in [6.45, 7) is 4.06. The maximum absolute atomic E-state index is 14.7. The molecule has 1 fully saturated rings. The monoisotopic (exact) mass is 409 g/mol. The van der Waals surface area contributed by atoms with Crippen molar-refractivity contribution in [1.82, 2.24) is 10.2 Å². The summed E-state index contributed by atoms with van der Waals surface area (Å²) in [6, 6.07) is 9.04. The van der Waals surface area contributed by atoms with Crippen LogP contribution in [-0.2, 0) is 17.7 Å². The van der Waals surface area contributed by atoms with E-state index in [-0.39, 0.29) is 17.8 Å². The Bertz CT molecular complexity index is 996. The number of aryl methyl sites for hydroxylation is 1. The molecule has 158 valence electrons. The molecule has 1 unspecified atom stereocenters. The predicted octanol–water partition coefficient (Wildman–Crippen LogP) is 3.34. The van der Waals surface area contributed by atoms with E-state index < -0.39 is 0 Å². The van der Waals surface area contributed by atoms with Crippen LogP contribution < -0.4 is 11.1 Å². The quantitative estimate of drug-likeness (QED) is 0.768. The Morgan fingerprint density at radius 1 is 1.33 bits per heavy atom. The van der Waals surface area contributed by atoms with Gasteiger partial charge in [0.25, 0.3) is 5.91 Å². The Labute approximate surface area is 176 Å². The van der Waals surface area contributed by atoms with Gasteiger partial charge in [-0.1, -0.05) is 18.2 Å². The zero-order chi connectivity index (χ0) is 21.3. The second-order valence-corrected chi connectivity index (χ2v) is 8.13. The molecule has 2 aromatic rings. The summed E-state index contributed by atoms with van der Waals surface area (Å²) >= 11 is 0. The lowest BCUT2D eigenvalue weighted by Crippen LogP contribution is -2.32. The first kappa shape index (κ1) is 20.4. The molecule has 2 aromatic carbocycles. The molecule has 5 nitrogen and oxygen atoms in total. The number of fused-ring (bicyclic) bond motifs is 1. The number of hydrogen-bond acceptors (Lipinski definition) is 4. The Hall–Kier alpha value is -2.86. The summed E-state index contributed by atoms with van der Waals surface area (Å²) in [5, 5.41) is 2.85. The minimum absolute atomic E-state index is 0.0440. The zero-order valence-electron chi connectivity index (χ0n) is 17.5. The van der Waals surface area contributed by atoms with E-state index in [0.717, 1.165) is 41.7 Å². The first-order chi connectivity index (χ1) is 14.5. The van der Waals surface area contributed by atoms with Gasteiger partial charge >= 0.3 is 0 Å². The van der Waals surface area contributed by atoms with Gasteiger partial charge in [-0.05, 0) is 54.2 Å². The molecule has 0 spiro atoms. The van der Waals surface area contributed by atoms with Crippen molar-refractivity contribution < 1.29 is 13.9 Å². The van der Waals surface area contributed by atoms with Crippen LogP contribution in [0.5, 0.6) is 0 Å². The van der Waals surface area contributed by atoms with Gasteiger partial charge in [-0.2, -0.15) is 0 Å². The molecule has 2 aliphatic heterocycles. The van der Waals surface area contributed by atoms with Crippen molar-refractivity contribution in [3.8, 4) is 0 Å². The van der Waals surface area contributed by atoms with E-state index in [1.54, 1.807) is 19.3 Å². The molecule has 0 aliphatic carbocycles. The smallest absolute Gasteiger partial charge is 0.254 e. The van der Waals surface area contributed by atoms with Crippen LogP contribution in [0.3, 0.4) is 0 Å². The largest absolute Gasteiger partial charge is 0.397 e. The number of amides is 1. The summed E-state index contributed by atoms with van der Waals surface area (Å²) in [4.78, 5) is 14.8. The molecule has 0 bridgehead atoms. The third-order valence-corrected chi connectivity index (χ3v) is 5.96. The van der Waals surface area contributed by atoms with Gasteiger partial charge in [-0.3, -0.25) is 4.79 Å². The third kappa shape index (κ3) is 4.05. The number of carbonyl (C=O) groups excluding carboxylic acids is 1. The van der Waals surface area contributed by atoms with Crippen molar-refractivity contribution in [3.63, 3.8) is 0 Å². The van der Waals surface area contributed by atoms with E-state index in [9.17, 15) is 9.18 Å². The highest BCUT2D eigenvalue weighted by Crippen LogP contribution is 2.29. The predicted molar refractivity (Wildman–Crippen MR) is 115 cm³/mol. The molecule has 3 N–H and O–H groups in total. The fraction of sp³-hybridized carbons (Fsp3) is 0.375. The minimum Gasteiger partial charge on any atom is -0.397 e. The maximum Gasteiger partial charge on any atom is 0.254 e. The van der Waals surface area contributed by atoms with Crippen LogP contribution >= 0.6 is 0 Å². The Morgan fingerprint density at radius 3 is 2.87 bits per heavy atom. The van der Waals surface area contributed by atoms with Crippen molar-refractivity contribution in [1.29, 1.82) is 0 Å². The Balaban J connectivity index is 1.54. The number of ether oxygens (including phenoxy) is 1. The van der Waals surface area contributed by atoms with Crippen LogP contribution in [0.1, 0.15) is 51.0 Å². The molecule has 1 atom stereocenters. The fourth-order valence-corrected chi connectivity index (χ4v) is 4.28. The minimum atomic E-state index is -0.300. The van der Waals surface area contributed by atoms with Gasteiger partial charge in [-0.25, -0.2) is 4.39 Å². The Kier molecular flexibility index (Phi) is 5.77. The van der Waals surface area contributed by atoms with E-state index in [1.165, 1.54) is 6.07 Å². The van der Waals surface area contributed by atoms with Gasteiger partial charge in [0, 0.05) is 50.5 Å². The number of nitrogens with two attached hydrogens (primary N) is 1. The lowest BCUT2D eigenvalue weighted by atomic mass is 9.95. The molecule has 2 heterocycles. The van der Waals surface area contributed by atoms with Crippen LogP contribution in [0.2, 0.25) is 0 Å². The van der Waals surface area contributed by atoms with E-state index in [0.29, 0.717) is 36.3 Å². The summed E-state index contributed by atoms with van der Waals surface area (Å²) in [7, 11) is 1.75. The van der Waals surface area contributed by atoms with E-state index in [4.69, 9.17) is 10.5 Å². The molecular formula is C24H28FN3O2. The molecule has 0 radical (unpaired) electrons. The summed E-state index contributed by atoms with van der Waals surface area (Å²) in [6.07, 6.45) is 4.27. The normalized spacial score (nSPS) is 18.8.